The molecule has 2 unspecified atom stereocenters. The number of aliphatic hydroxyl groups excluding tert-OH is 1. The molecule has 2 N–H and O–H groups in total. The van der Waals surface area contributed by atoms with Gasteiger partial charge in [0.05, 0.1) is 6.61 Å². The van der Waals surface area contributed by atoms with Gasteiger partial charge in [-0.3, -0.25) is 0 Å². The van der Waals surface area contributed by atoms with E-state index in [0.717, 1.165) is 11.3 Å². The molecule has 3 heteroatoms. The van der Waals surface area contributed by atoms with Crippen LogP contribution in [0.5, 0.6) is 0 Å². The van der Waals surface area contributed by atoms with Gasteiger partial charge in [0, 0.05) is 22.5 Å². The first-order valence-corrected chi connectivity index (χ1v) is 6.93. The Kier molecular flexibility index (Phi) is 4.13. The first-order valence-electron chi connectivity index (χ1n) is 5.88. The summed E-state index contributed by atoms with van der Waals surface area (Å²) in [6, 6.07) is 8.55. The van der Waals surface area contributed by atoms with Crippen molar-refractivity contribution in [1.29, 1.82) is 0 Å². The molecule has 1 aromatic carbocycles. The Hall–Kier alpha value is -0.670. The van der Waals surface area contributed by atoms with Crippen LogP contribution in [-0.2, 0) is 6.61 Å². The molecular formula is C13H19NOS. The van der Waals surface area contributed by atoms with Crippen molar-refractivity contribution in [2.75, 3.05) is 11.1 Å². The largest absolute Gasteiger partial charge is 0.392 e. The van der Waals surface area contributed by atoms with Gasteiger partial charge in [-0.25, -0.2) is 0 Å². The van der Waals surface area contributed by atoms with Crippen LogP contribution in [0.4, 0.5) is 5.69 Å². The lowest BCUT2D eigenvalue weighted by atomic mass is 10.1. The second-order valence-electron chi connectivity index (χ2n) is 4.28. The average Bonchev–Trinajstić information content (AvgIpc) is 2.33. The van der Waals surface area contributed by atoms with Crippen LogP contribution in [0.25, 0.3) is 0 Å². The molecule has 2 nitrogen and oxygen atoms in total. The highest BCUT2D eigenvalue weighted by Gasteiger charge is 2.21. The van der Waals surface area contributed by atoms with Gasteiger partial charge in [-0.1, -0.05) is 25.1 Å². The van der Waals surface area contributed by atoms with Crippen molar-refractivity contribution in [3.05, 3.63) is 29.8 Å². The van der Waals surface area contributed by atoms with Crippen molar-refractivity contribution in [3.8, 4) is 0 Å². The number of nitrogens with one attached hydrogen (secondary N) is 1. The van der Waals surface area contributed by atoms with E-state index in [9.17, 15) is 5.11 Å². The first-order chi connectivity index (χ1) is 7.81. The van der Waals surface area contributed by atoms with Gasteiger partial charge in [-0.2, -0.15) is 11.8 Å². The number of hydrogen-bond donors (Lipinski definition) is 2. The smallest absolute Gasteiger partial charge is 0.0701 e. The third kappa shape index (κ3) is 2.71. The molecule has 1 aromatic rings. The summed E-state index contributed by atoms with van der Waals surface area (Å²) in [5.41, 5.74) is 2.08. The fourth-order valence-corrected chi connectivity index (χ4v) is 3.25. The number of para-hydroxylation sites is 1. The molecule has 0 aromatic heterocycles. The second-order valence-corrected chi connectivity index (χ2v) is 5.77. The van der Waals surface area contributed by atoms with Crippen LogP contribution < -0.4 is 5.32 Å². The number of hydrogen-bond acceptors (Lipinski definition) is 3. The van der Waals surface area contributed by atoms with E-state index in [4.69, 9.17) is 0 Å². The summed E-state index contributed by atoms with van der Waals surface area (Å²) >= 11 is 2.03. The van der Waals surface area contributed by atoms with E-state index in [-0.39, 0.29) is 6.61 Å². The average molecular weight is 237 g/mol. The summed E-state index contributed by atoms with van der Waals surface area (Å²) in [6.07, 6.45) is 2.52. The van der Waals surface area contributed by atoms with Crippen molar-refractivity contribution < 1.29 is 5.11 Å². The van der Waals surface area contributed by atoms with E-state index in [1.165, 1.54) is 18.6 Å². The fraction of sp³-hybridized carbons (Fsp3) is 0.538. The van der Waals surface area contributed by atoms with E-state index in [2.05, 4.69) is 18.3 Å². The highest BCUT2D eigenvalue weighted by molar-refractivity contribution is 8.00. The van der Waals surface area contributed by atoms with E-state index in [1.807, 2.05) is 30.0 Å². The molecule has 1 aliphatic heterocycles. The molecular weight excluding hydrogens is 218 g/mol. The summed E-state index contributed by atoms with van der Waals surface area (Å²) < 4.78 is 0. The third-order valence-electron chi connectivity index (χ3n) is 3.14. The fourth-order valence-electron chi connectivity index (χ4n) is 2.11. The van der Waals surface area contributed by atoms with E-state index < -0.39 is 0 Å². The molecule has 0 spiro atoms. The minimum absolute atomic E-state index is 0.109. The molecule has 2 atom stereocenters. The van der Waals surface area contributed by atoms with Crippen LogP contribution in [0.1, 0.15) is 25.3 Å². The first kappa shape index (κ1) is 11.8. The van der Waals surface area contributed by atoms with Crippen molar-refractivity contribution in [2.45, 2.75) is 37.7 Å². The summed E-state index contributed by atoms with van der Waals surface area (Å²) in [6.45, 7) is 2.39. The maximum absolute atomic E-state index is 9.27. The Bertz CT molecular complexity index is 342. The zero-order chi connectivity index (χ0) is 11.4. The second kappa shape index (κ2) is 5.60. The number of thioether (sulfide) groups is 1. The number of benzene rings is 1. The Labute approximate surface area is 101 Å². The van der Waals surface area contributed by atoms with Crippen LogP contribution >= 0.6 is 11.8 Å². The highest BCUT2D eigenvalue weighted by Crippen LogP contribution is 2.28. The van der Waals surface area contributed by atoms with Gasteiger partial charge in [0.15, 0.2) is 0 Å². The quantitative estimate of drug-likeness (QED) is 0.848. The molecule has 0 radical (unpaired) electrons. The molecule has 0 bridgehead atoms. The number of anilines is 1. The summed E-state index contributed by atoms with van der Waals surface area (Å²) in [5, 5.41) is 13.5. The van der Waals surface area contributed by atoms with Gasteiger partial charge in [-0.05, 0) is 24.7 Å². The van der Waals surface area contributed by atoms with Crippen molar-refractivity contribution >= 4 is 17.4 Å². The molecule has 1 fully saturated rings. The van der Waals surface area contributed by atoms with Gasteiger partial charge in [-0.15, -0.1) is 0 Å². The molecule has 1 heterocycles. The normalized spacial score (nSPS) is 25.4. The number of aliphatic hydroxyl groups is 1. The zero-order valence-electron chi connectivity index (χ0n) is 9.65. The van der Waals surface area contributed by atoms with Gasteiger partial charge < -0.3 is 10.4 Å². The van der Waals surface area contributed by atoms with Crippen LogP contribution in [-0.4, -0.2) is 22.2 Å². The molecule has 0 amide bonds. The van der Waals surface area contributed by atoms with Crippen LogP contribution in [0.15, 0.2) is 24.3 Å². The van der Waals surface area contributed by atoms with E-state index in [0.29, 0.717) is 11.3 Å². The predicted octanol–water partition coefficient (Wildman–Crippen LogP) is 2.87. The van der Waals surface area contributed by atoms with Crippen LogP contribution in [0.2, 0.25) is 0 Å². The van der Waals surface area contributed by atoms with Crippen molar-refractivity contribution in [1.82, 2.24) is 0 Å². The van der Waals surface area contributed by atoms with Gasteiger partial charge in [0.2, 0.25) is 0 Å². The minimum Gasteiger partial charge on any atom is -0.392 e. The maximum atomic E-state index is 9.27. The Morgan fingerprint density at radius 1 is 1.44 bits per heavy atom. The highest BCUT2D eigenvalue weighted by atomic mass is 32.2. The van der Waals surface area contributed by atoms with E-state index >= 15 is 0 Å². The maximum Gasteiger partial charge on any atom is 0.0701 e. The number of rotatable bonds is 3. The summed E-state index contributed by atoms with van der Waals surface area (Å²) in [5.74, 6) is 1.28. The standard InChI is InChI=1S/C13H19NOS/c1-10-12(7-4-8-16-10)14-13-6-3-2-5-11(13)9-15/h2-3,5-6,10,12,14-15H,4,7-9H2,1H3. The zero-order valence-corrected chi connectivity index (χ0v) is 10.5. The molecule has 0 aliphatic carbocycles. The Balaban J connectivity index is 2.07. The predicted molar refractivity (Wildman–Crippen MR) is 70.9 cm³/mol. The molecule has 0 saturated carbocycles. The topological polar surface area (TPSA) is 32.3 Å². The van der Waals surface area contributed by atoms with Crippen LogP contribution in [0.3, 0.4) is 0 Å². The summed E-state index contributed by atoms with van der Waals surface area (Å²) in [4.78, 5) is 0. The van der Waals surface area contributed by atoms with Crippen molar-refractivity contribution in [3.63, 3.8) is 0 Å². The molecule has 2 rings (SSSR count). The molecule has 16 heavy (non-hydrogen) atoms. The lowest BCUT2D eigenvalue weighted by Gasteiger charge is -2.30. The van der Waals surface area contributed by atoms with E-state index in [1.54, 1.807) is 0 Å². The third-order valence-corrected chi connectivity index (χ3v) is 4.51. The molecule has 88 valence electrons. The van der Waals surface area contributed by atoms with Crippen LogP contribution in [0, 0.1) is 0 Å². The Morgan fingerprint density at radius 3 is 3.00 bits per heavy atom. The lowest BCUT2D eigenvalue weighted by molar-refractivity contribution is 0.282. The SMILES string of the molecule is CC1SCCCC1Nc1ccccc1CO. The molecule has 1 saturated heterocycles. The monoisotopic (exact) mass is 237 g/mol. The Morgan fingerprint density at radius 2 is 2.25 bits per heavy atom. The van der Waals surface area contributed by atoms with Gasteiger partial charge in [0.25, 0.3) is 0 Å². The van der Waals surface area contributed by atoms with Gasteiger partial charge in [0.1, 0.15) is 0 Å². The lowest BCUT2D eigenvalue weighted by Crippen LogP contribution is -2.33. The van der Waals surface area contributed by atoms with Crippen molar-refractivity contribution in [2.24, 2.45) is 0 Å². The molecule has 1 aliphatic rings. The van der Waals surface area contributed by atoms with Gasteiger partial charge >= 0.3 is 0 Å². The minimum atomic E-state index is 0.109. The summed E-state index contributed by atoms with van der Waals surface area (Å²) in [7, 11) is 0.